The summed E-state index contributed by atoms with van der Waals surface area (Å²) < 4.78 is 25.6. The molecule has 8 heterocycles. The molecule has 5 aromatic carbocycles. The van der Waals surface area contributed by atoms with E-state index in [9.17, 15) is 43.1 Å². The SMILES string of the molecule is C=C1C(I)=CN(C2C[C@@H](O)C(CO)O2)C(=O)N1C(C)C.C=C1CC(C(=O)c2ccc(SC)cc2)=C(C)N1C(C)C.CCN(CC)CCNC(=O)c1c(C)[nH]c(/C=C2\C(=O)N(C(C)C)c3ccc(F)cc32)c1C.COc1ccc(C2=Nc3cc(C4=NN(C(C)C)C(=O)CC4C)ccc3C2)cc1.CSc1ccc(C(=O)C2=C(C)CC(=O)N2C(C)C)cc1. The van der Waals surface area contributed by atoms with Gasteiger partial charge in [-0.1, -0.05) is 46.1 Å². The smallest absolute Gasteiger partial charge is 0.330 e. The Morgan fingerprint density at radius 1 is 0.750 bits per heavy atom. The van der Waals surface area contributed by atoms with Crippen molar-refractivity contribution in [3.05, 3.63) is 228 Å². The zero-order chi connectivity index (χ0) is 88.2. The number of nitrogens with zero attached hydrogens (tertiary/aromatic N) is 9. The van der Waals surface area contributed by atoms with Crippen LogP contribution in [0.4, 0.5) is 20.6 Å². The van der Waals surface area contributed by atoms with Crippen molar-refractivity contribution >= 4 is 122 Å². The van der Waals surface area contributed by atoms with E-state index in [1.54, 1.807) is 68.7 Å². The van der Waals surface area contributed by atoms with E-state index in [0.717, 1.165) is 108 Å². The maximum absolute atomic E-state index is 14.0. The summed E-state index contributed by atoms with van der Waals surface area (Å²) in [6, 6.07) is 34.2. The number of aliphatic imine (C=N–C) groups is 1. The zero-order valence-corrected chi connectivity index (χ0v) is 76.7. The number of aliphatic hydroxyl groups is 2. The van der Waals surface area contributed by atoms with E-state index < -0.39 is 18.4 Å². The Labute approximate surface area is 729 Å². The highest BCUT2D eigenvalue weighted by Crippen LogP contribution is 2.42. The lowest BCUT2D eigenvalue weighted by Crippen LogP contribution is -2.50. The van der Waals surface area contributed by atoms with Gasteiger partial charge in [0.15, 0.2) is 5.78 Å². The Balaban J connectivity index is 0.000000173. The van der Waals surface area contributed by atoms with Gasteiger partial charge in [-0.15, -0.1) is 23.5 Å². The fourth-order valence-electron chi connectivity index (χ4n) is 15.6. The predicted octanol–water partition coefficient (Wildman–Crippen LogP) is 17.9. The van der Waals surface area contributed by atoms with Gasteiger partial charge in [0.1, 0.15) is 23.9 Å². The fourth-order valence-corrected chi connectivity index (χ4v) is 17.0. The second-order valence-corrected chi connectivity index (χ2v) is 34.8. The maximum Gasteiger partial charge on any atom is 0.330 e. The molecule has 1 aromatic heterocycles. The van der Waals surface area contributed by atoms with Crippen molar-refractivity contribution in [1.82, 2.24) is 39.8 Å². The van der Waals surface area contributed by atoms with Gasteiger partial charge in [0.05, 0.1) is 75.2 Å². The molecule has 120 heavy (non-hydrogen) atoms. The molecule has 22 nitrogen and oxygen atoms in total. The first kappa shape index (κ1) is 94.3. The summed E-state index contributed by atoms with van der Waals surface area (Å²) >= 11 is 5.44. The molecule has 0 saturated carbocycles. The molecule has 0 aliphatic carbocycles. The van der Waals surface area contributed by atoms with Crippen molar-refractivity contribution in [2.45, 2.75) is 208 Å². The summed E-state index contributed by atoms with van der Waals surface area (Å²) in [6.45, 7) is 44.6. The largest absolute Gasteiger partial charge is 0.497 e. The number of nitrogens with one attached hydrogen (secondary N) is 2. The molecular weight excluding hydrogens is 1670 g/mol. The minimum Gasteiger partial charge on any atom is -0.497 e. The van der Waals surface area contributed by atoms with Crippen molar-refractivity contribution < 1.29 is 57.6 Å². The number of aromatic amines is 1. The predicted molar refractivity (Wildman–Crippen MR) is 489 cm³/mol. The number of thioether (sulfide) groups is 2. The van der Waals surface area contributed by atoms with E-state index >= 15 is 0 Å². The maximum atomic E-state index is 14.0. The van der Waals surface area contributed by atoms with Crippen LogP contribution in [-0.4, -0.2) is 198 Å². The van der Waals surface area contributed by atoms with E-state index in [1.165, 1.54) is 27.5 Å². The van der Waals surface area contributed by atoms with Crippen molar-refractivity contribution in [3.8, 4) is 5.75 Å². The molecule has 6 amide bonds. The summed E-state index contributed by atoms with van der Waals surface area (Å²) in [4.78, 5) is 109. The normalized spacial score (nSPS) is 18.7. The average Bonchev–Trinajstić information content (AvgIpc) is 1.60. The third-order valence-corrected chi connectivity index (χ3v) is 24.3. The number of ketones is 2. The number of aliphatic hydroxyl groups excluding tert-OH is 2. The standard InChI is InChI=1S/C25H33FN4O2.C23H25N3O2.C17H21NOS.C16H19NO2S.C13H19IN2O4/c1-7-29(8-2)12-11-27-24(31)23-16(5)21(28-17(23)6)14-20-19-13-18(26)9-10-22(19)30(15(3)4)25(20)32;1-14(2)26-22(27)11-15(3)23(25-26)18-6-5-17-12-20(24-21(17)13-18)16-7-9-19(28-4)10-8-16;1-11(2)18-12(3)10-16(13(18)4)17(19)14-6-8-15(20-5)9-7-14;1-10(2)17-14(18)9-11(3)15(17)16(19)12-5-7-13(20-4)8-6-12;1-7(2)16-8(3)9(14)5-15(13(16)19)12-4-10(18)11(6-17)20-12/h9-10,13-15,28H,7-8,11-12H2,1-6H3,(H,27,31);5-10,13-15H,11-12H2,1-4H3;6-9,11H,3,10H2,1-2,4-5H3;5-8,10H,9H2,1-4H3;5,7,10-12,17-18H,3-4,6H2,1-2H3/b20-14-;;;;/t;;;;10-,11?,12?/m....1/s1. The number of aromatic nitrogens is 1. The summed E-state index contributed by atoms with van der Waals surface area (Å²) in [6.07, 6.45) is 8.09. The van der Waals surface area contributed by atoms with Crippen LogP contribution in [0.5, 0.6) is 5.75 Å². The van der Waals surface area contributed by atoms with Crippen LogP contribution in [0.25, 0.3) is 11.6 Å². The lowest BCUT2D eigenvalue weighted by atomic mass is 9.92. The van der Waals surface area contributed by atoms with Gasteiger partial charge in [-0.25, -0.2) is 14.2 Å². The summed E-state index contributed by atoms with van der Waals surface area (Å²) in [5.74, 6) is 0.421. The van der Waals surface area contributed by atoms with Crippen LogP contribution in [0.1, 0.15) is 200 Å². The van der Waals surface area contributed by atoms with E-state index in [0.29, 0.717) is 76.9 Å². The van der Waals surface area contributed by atoms with Gasteiger partial charge in [0, 0.05) is 141 Å². The van der Waals surface area contributed by atoms with Crippen molar-refractivity contribution in [2.75, 3.05) is 57.3 Å². The lowest BCUT2D eigenvalue weighted by molar-refractivity contribution is -0.134. The van der Waals surface area contributed by atoms with Crippen LogP contribution in [0.2, 0.25) is 0 Å². The summed E-state index contributed by atoms with van der Waals surface area (Å²) in [5.41, 5.74) is 17.3. The molecule has 1 fully saturated rings. The summed E-state index contributed by atoms with van der Waals surface area (Å²) in [7, 11) is 1.67. The van der Waals surface area contributed by atoms with Gasteiger partial charge in [0.25, 0.3) is 11.8 Å². The van der Waals surface area contributed by atoms with E-state index in [2.05, 4.69) is 114 Å². The second kappa shape index (κ2) is 41.8. The number of Topliss-reactive ketones (excluding diaryl/α,β-unsaturated/α-hetero) is 2. The molecule has 26 heteroatoms. The lowest BCUT2D eigenvalue weighted by Gasteiger charge is -2.39. The molecule has 4 N–H and O–H groups in total. The third-order valence-electron chi connectivity index (χ3n) is 21.9. The number of anilines is 1. The van der Waals surface area contributed by atoms with Crippen LogP contribution < -0.4 is 15.0 Å². The first-order valence-electron chi connectivity index (χ1n) is 40.9. The number of carbonyl (C=O) groups is 7. The Morgan fingerprint density at radius 2 is 1.34 bits per heavy atom. The Hall–Kier alpha value is -9.55. The third kappa shape index (κ3) is 21.7. The van der Waals surface area contributed by atoms with Crippen LogP contribution in [0.3, 0.4) is 0 Å². The number of hydrogen-bond donors (Lipinski definition) is 4. The van der Waals surface area contributed by atoms with Crippen LogP contribution in [0, 0.1) is 25.6 Å². The number of benzene rings is 5. The van der Waals surface area contributed by atoms with Crippen LogP contribution in [-0.2, 0) is 25.5 Å². The monoisotopic (exact) mass is 1790 g/mol. The number of H-pyrrole nitrogens is 1. The Bertz CT molecular complexity index is 5040. The molecule has 4 atom stereocenters. The van der Waals surface area contributed by atoms with Crippen molar-refractivity contribution in [1.29, 1.82) is 0 Å². The first-order valence-corrected chi connectivity index (χ1v) is 44.4. The fraction of sp³-hybridized carbons (Fsp3) is 0.415. The number of hydrazone groups is 1. The Kier molecular flexibility index (Phi) is 32.9. The van der Waals surface area contributed by atoms with E-state index in [4.69, 9.17) is 19.6 Å². The number of ether oxygens (including phenoxy) is 2. The second-order valence-electron chi connectivity index (χ2n) is 31.9. The number of fused-ring (bicyclic) bond motifs is 2. The number of halogens is 2. The topological polar surface area (TPSA) is 254 Å². The summed E-state index contributed by atoms with van der Waals surface area (Å²) in [5, 5.41) is 28.2. The minimum absolute atomic E-state index is 0.00405. The highest BCUT2D eigenvalue weighted by Gasteiger charge is 2.43. The molecule has 0 radical (unpaired) electrons. The molecule has 7 aliphatic heterocycles. The number of allylic oxidation sites excluding steroid dienone is 4. The molecule has 13 rings (SSSR count). The molecule has 0 bridgehead atoms. The van der Waals surface area contributed by atoms with Gasteiger partial charge in [0.2, 0.25) is 17.6 Å². The number of carbonyl (C=O) groups excluding carboxylic acids is 7. The quantitative estimate of drug-likeness (QED) is 0.0201. The average molecular weight is 1790 g/mol. The number of rotatable bonds is 23. The van der Waals surface area contributed by atoms with Gasteiger partial charge in [-0.05, 0) is 271 Å². The molecule has 6 aromatic rings. The number of hydrogen-bond acceptors (Lipinski definition) is 17. The molecule has 640 valence electrons. The molecular formula is C94H117FIN11O11S2. The highest BCUT2D eigenvalue weighted by molar-refractivity contribution is 14.1. The molecule has 1 saturated heterocycles. The van der Waals surface area contributed by atoms with Crippen molar-refractivity contribution in [3.63, 3.8) is 0 Å². The van der Waals surface area contributed by atoms with Gasteiger partial charge < -0.3 is 49.6 Å². The van der Waals surface area contributed by atoms with Crippen molar-refractivity contribution in [2.24, 2.45) is 16.0 Å². The van der Waals surface area contributed by atoms with Crippen LogP contribution in [0.15, 0.2) is 186 Å². The molecule has 0 spiro atoms. The number of amides is 6. The van der Waals surface area contributed by atoms with Crippen LogP contribution >= 0.6 is 46.1 Å². The minimum atomic E-state index is -0.763. The number of likely N-dealkylation sites (N-methyl/N-ethyl adjacent to an activating group) is 1. The zero-order valence-electron chi connectivity index (χ0n) is 72.9. The first-order chi connectivity index (χ1) is 56.9. The molecule has 3 unspecified atom stereocenters. The van der Waals surface area contributed by atoms with E-state index in [1.807, 2.05) is 168 Å². The van der Waals surface area contributed by atoms with Gasteiger partial charge in [-0.2, -0.15) is 5.10 Å². The number of urea groups is 1. The van der Waals surface area contributed by atoms with Gasteiger partial charge in [-0.3, -0.25) is 43.6 Å². The molecule has 7 aliphatic rings. The van der Waals surface area contributed by atoms with E-state index in [-0.39, 0.29) is 90.2 Å². The number of aryl methyl sites for hydroxylation is 1. The van der Waals surface area contributed by atoms with Gasteiger partial charge >= 0.3 is 6.03 Å². The Morgan fingerprint density at radius 3 is 1.88 bits per heavy atom. The highest BCUT2D eigenvalue weighted by atomic mass is 127. The number of methoxy groups -OCH3 is 1.